The summed E-state index contributed by atoms with van der Waals surface area (Å²) in [5.41, 5.74) is 0.670. The summed E-state index contributed by atoms with van der Waals surface area (Å²) in [7, 11) is -0.0867. The predicted octanol–water partition coefficient (Wildman–Crippen LogP) is 2.85. The summed E-state index contributed by atoms with van der Waals surface area (Å²) in [6, 6.07) is 4.37. The van der Waals surface area contributed by atoms with E-state index in [0.717, 1.165) is 0 Å². The van der Waals surface area contributed by atoms with Gasteiger partial charge in [-0.3, -0.25) is 19.5 Å². The summed E-state index contributed by atoms with van der Waals surface area (Å²) < 4.78 is 38.4. The van der Waals surface area contributed by atoms with Crippen molar-refractivity contribution in [2.75, 3.05) is 21.2 Å². The molecule has 0 bridgehead atoms. The molecule has 2 aromatic heterocycles. The summed E-state index contributed by atoms with van der Waals surface area (Å²) in [5.74, 6) is -2.12. The van der Waals surface area contributed by atoms with Crippen molar-refractivity contribution in [2.45, 2.75) is 45.8 Å². The largest absolute Gasteiger partial charge is 0.495 e. The fourth-order valence-electron chi connectivity index (χ4n) is 3.63. The molecule has 1 atom stereocenters. The first-order chi connectivity index (χ1) is 18.1. The Bertz CT molecular complexity index is 1400. The lowest BCUT2D eigenvalue weighted by molar-refractivity contribution is -0.155. The third-order valence-corrected chi connectivity index (χ3v) is 5.11. The number of esters is 1. The molecular weight excluding hydrogens is 466 g/mol. The quantitative estimate of drug-likeness (QED) is 0.401. The van der Waals surface area contributed by atoms with E-state index >= 15 is 0 Å². The lowest BCUT2D eigenvalue weighted by atomic mass is 10.0. The average Bonchev–Trinajstić information content (AvgIpc) is 3.23. The lowest BCUT2D eigenvalue weighted by Crippen LogP contribution is -2.36. The maximum Gasteiger partial charge on any atom is 0.308 e. The molecule has 0 fully saturated rings. The van der Waals surface area contributed by atoms with Gasteiger partial charge in [-0.05, 0) is 45.4 Å². The highest BCUT2D eigenvalue weighted by atomic mass is 16.6. The maximum atomic E-state index is 13.4. The number of methoxy groups -OCH3 is 2. The smallest absolute Gasteiger partial charge is 0.308 e. The molecule has 2 heterocycles. The Morgan fingerprint density at radius 2 is 1.94 bits per heavy atom. The first kappa shape index (κ1) is 22.3. The number of fused-ring (bicyclic) bond motifs is 1. The number of carbonyl (C=O) groups is 3. The molecule has 1 aromatic carbocycles. The molecule has 0 aliphatic carbocycles. The Hall–Kier alpha value is -4.15. The number of H-pyrrole nitrogens is 1. The normalized spacial score (nSPS) is 13.7. The van der Waals surface area contributed by atoms with Gasteiger partial charge in [-0.1, -0.05) is 6.07 Å². The van der Waals surface area contributed by atoms with Crippen LogP contribution in [0.3, 0.4) is 0 Å². The van der Waals surface area contributed by atoms with Crippen molar-refractivity contribution in [1.29, 1.82) is 0 Å². The zero-order chi connectivity index (χ0) is 29.1. The number of rotatable bonds is 8. The molecule has 3 rings (SSSR count). The molecule has 11 heteroatoms. The standard InChI is InChI=1S/C25H31N5O6/c1-13(10-18(31)36-25(2,3)4)28-22(32)19-21(34-6)16(12-27-24(19)35-7)14-8-9-15-17(11-14)29-30-20(15)23(33)26-5/h8-9,11-13H,10H2,1-7H3,(H,26,33)(H,28,32)(H,29,30)/t13-/m1/s1/i7D3. The van der Waals surface area contributed by atoms with E-state index in [0.29, 0.717) is 22.0 Å². The second kappa shape index (κ2) is 10.6. The molecule has 0 saturated carbocycles. The second-order valence-corrected chi connectivity index (χ2v) is 9.06. The minimum absolute atomic E-state index is 0.00314. The zero-order valence-electron chi connectivity index (χ0n) is 23.9. The van der Waals surface area contributed by atoms with E-state index in [4.69, 9.17) is 18.3 Å². The van der Waals surface area contributed by atoms with Crippen LogP contribution in [0.5, 0.6) is 11.6 Å². The highest BCUT2D eigenvalue weighted by Gasteiger charge is 2.27. The summed E-state index contributed by atoms with van der Waals surface area (Å²) in [6.07, 6.45) is 1.19. The lowest BCUT2D eigenvalue weighted by Gasteiger charge is -2.22. The van der Waals surface area contributed by atoms with E-state index in [1.165, 1.54) is 20.4 Å². The minimum Gasteiger partial charge on any atom is -0.495 e. The SMILES string of the molecule is [2H]C([2H])([2H])Oc1ncc(-c2ccc3c(C(=O)NC)n[nH]c3c2)c(OC)c1C(=O)N[C@H](C)CC(=O)OC(C)(C)C. The number of benzene rings is 1. The first-order valence-electron chi connectivity index (χ1n) is 12.6. The average molecular weight is 501 g/mol. The second-order valence-electron chi connectivity index (χ2n) is 9.06. The van der Waals surface area contributed by atoms with Gasteiger partial charge in [0.1, 0.15) is 16.9 Å². The Morgan fingerprint density at radius 1 is 1.19 bits per heavy atom. The highest BCUT2D eigenvalue weighted by molar-refractivity contribution is 6.06. The number of carbonyl (C=O) groups excluding carboxylic acids is 3. The molecule has 0 spiro atoms. The van der Waals surface area contributed by atoms with Crippen LogP contribution in [-0.2, 0) is 9.53 Å². The Kier molecular flexibility index (Phi) is 6.59. The summed E-state index contributed by atoms with van der Waals surface area (Å²) >= 11 is 0. The predicted molar refractivity (Wildman–Crippen MR) is 133 cm³/mol. The number of pyridine rings is 1. The number of ether oxygens (including phenoxy) is 3. The number of hydrogen-bond acceptors (Lipinski definition) is 8. The number of aromatic amines is 1. The summed E-state index contributed by atoms with van der Waals surface area (Å²) in [5, 5.41) is 12.6. The molecule has 0 unspecified atom stereocenters. The number of nitrogens with zero attached hydrogens (tertiary/aromatic N) is 2. The van der Waals surface area contributed by atoms with Gasteiger partial charge in [0.15, 0.2) is 5.69 Å². The van der Waals surface area contributed by atoms with Gasteiger partial charge in [0.2, 0.25) is 5.88 Å². The molecule has 192 valence electrons. The fourth-order valence-corrected chi connectivity index (χ4v) is 3.63. The van der Waals surface area contributed by atoms with E-state index in [1.807, 2.05) is 0 Å². The van der Waals surface area contributed by atoms with Crippen molar-refractivity contribution in [2.24, 2.45) is 0 Å². The molecule has 3 aromatic rings. The van der Waals surface area contributed by atoms with Crippen LogP contribution in [-0.4, -0.2) is 65.8 Å². The van der Waals surface area contributed by atoms with Gasteiger partial charge in [0.05, 0.1) is 30.2 Å². The van der Waals surface area contributed by atoms with E-state index in [9.17, 15) is 14.4 Å². The van der Waals surface area contributed by atoms with E-state index in [-0.39, 0.29) is 29.3 Å². The van der Waals surface area contributed by atoms with Gasteiger partial charge in [-0.25, -0.2) is 4.98 Å². The van der Waals surface area contributed by atoms with Crippen LogP contribution in [0.25, 0.3) is 22.0 Å². The molecule has 2 amide bonds. The number of nitrogens with one attached hydrogen (secondary N) is 3. The van der Waals surface area contributed by atoms with Crippen LogP contribution >= 0.6 is 0 Å². The topological polar surface area (TPSA) is 145 Å². The van der Waals surface area contributed by atoms with Crippen LogP contribution < -0.4 is 20.1 Å². The molecule has 3 N–H and O–H groups in total. The van der Waals surface area contributed by atoms with Crippen LogP contribution in [0, 0.1) is 0 Å². The summed E-state index contributed by atoms with van der Waals surface area (Å²) in [6.45, 7) is 6.80. The third kappa shape index (κ3) is 5.73. The molecule has 0 aliphatic heterocycles. The Labute approximate surface area is 213 Å². The van der Waals surface area contributed by atoms with Crippen LogP contribution in [0.1, 0.15) is 59.1 Å². The molecule has 0 saturated heterocycles. The highest BCUT2D eigenvalue weighted by Crippen LogP contribution is 2.38. The van der Waals surface area contributed by atoms with Gasteiger partial charge in [-0.2, -0.15) is 5.10 Å². The molecular formula is C25H31N5O6. The molecule has 36 heavy (non-hydrogen) atoms. The Morgan fingerprint density at radius 3 is 2.58 bits per heavy atom. The van der Waals surface area contributed by atoms with Crippen molar-refractivity contribution in [3.8, 4) is 22.8 Å². The Balaban J connectivity index is 2.04. The van der Waals surface area contributed by atoms with Gasteiger partial charge in [0, 0.05) is 30.2 Å². The third-order valence-electron chi connectivity index (χ3n) is 5.11. The van der Waals surface area contributed by atoms with Crippen molar-refractivity contribution >= 4 is 28.7 Å². The molecule has 0 radical (unpaired) electrons. The van der Waals surface area contributed by atoms with E-state index in [1.54, 1.807) is 45.9 Å². The zero-order valence-corrected chi connectivity index (χ0v) is 20.9. The number of hydrogen-bond donors (Lipinski definition) is 3. The maximum absolute atomic E-state index is 13.4. The van der Waals surface area contributed by atoms with Crippen molar-refractivity contribution in [3.63, 3.8) is 0 Å². The van der Waals surface area contributed by atoms with E-state index < -0.39 is 36.4 Å². The summed E-state index contributed by atoms with van der Waals surface area (Å²) in [4.78, 5) is 41.8. The van der Waals surface area contributed by atoms with Crippen LogP contribution in [0.4, 0.5) is 0 Å². The van der Waals surface area contributed by atoms with Crippen molar-refractivity contribution in [1.82, 2.24) is 25.8 Å². The molecule has 0 aliphatic rings. The monoisotopic (exact) mass is 500 g/mol. The van der Waals surface area contributed by atoms with Gasteiger partial charge >= 0.3 is 5.97 Å². The van der Waals surface area contributed by atoms with Crippen molar-refractivity contribution < 1.29 is 32.7 Å². The van der Waals surface area contributed by atoms with Crippen LogP contribution in [0.15, 0.2) is 24.4 Å². The van der Waals surface area contributed by atoms with Gasteiger partial charge < -0.3 is 24.8 Å². The number of aromatic nitrogens is 3. The minimum atomic E-state index is -2.90. The molecule has 11 nitrogen and oxygen atoms in total. The van der Waals surface area contributed by atoms with Gasteiger partial charge in [-0.15, -0.1) is 0 Å². The fraction of sp³-hybridized carbons (Fsp3) is 0.400. The van der Waals surface area contributed by atoms with E-state index in [2.05, 4.69) is 25.8 Å². The van der Waals surface area contributed by atoms with Crippen LogP contribution in [0.2, 0.25) is 0 Å². The van der Waals surface area contributed by atoms with Crippen molar-refractivity contribution in [3.05, 3.63) is 35.7 Å². The number of amides is 2. The first-order valence-corrected chi connectivity index (χ1v) is 11.1. The van der Waals surface area contributed by atoms with Gasteiger partial charge in [0.25, 0.3) is 11.8 Å².